The van der Waals surface area contributed by atoms with Crippen LogP contribution in [0.2, 0.25) is 0 Å². The molecule has 0 radical (unpaired) electrons. The van der Waals surface area contributed by atoms with Gasteiger partial charge < -0.3 is 4.98 Å². The summed E-state index contributed by atoms with van der Waals surface area (Å²) in [5.41, 5.74) is 3.81. The standard InChI is InChI=1S/C12H13N5/c1-8(2)17-6-10(5-16-17)9-3-11-12(13-4-9)15-7-14-11/h3-8H,1-2H3,(H,13,14,15). The molecular formula is C12H13N5. The topological polar surface area (TPSA) is 59.4 Å². The Bertz CT molecular complexity index is 650. The molecule has 0 saturated carbocycles. The first kappa shape index (κ1) is 10.0. The zero-order valence-electron chi connectivity index (χ0n) is 9.75. The monoisotopic (exact) mass is 227 g/mol. The lowest BCUT2D eigenvalue weighted by Gasteiger charge is -2.03. The molecule has 5 nitrogen and oxygen atoms in total. The van der Waals surface area contributed by atoms with E-state index in [2.05, 4.69) is 33.9 Å². The lowest BCUT2D eigenvalue weighted by atomic mass is 10.1. The van der Waals surface area contributed by atoms with Gasteiger partial charge in [-0.05, 0) is 19.9 Å². The predicted molar refractivity (Wildman–Crippen MR) is 65.5 cm³/mol. The number of rotatable bonds is 2. The van der Waals surface area contributed by atoms with Crippen molar-refractivity contribution in [2.75, 3.05) is 0 Å². The normalized spacial score (nSPS) is 11.5. The van der Waals surface area contributed by atoms with Gasteiger partial charge in [-0.1, -0.05) is 0 Å². The Morgan fingerprint density at radius 3 is 2.82 bits per heavy atom. The van der Waals surface area contributed by atoms with E-state index in [0.717, 1.165) is 22.3 Å². The third-order valence-electron chi connectivity index (χ3n) is 2.74. The van der Waals surface area contributed by atoms with Crippen LogP contribution in [0, 0.1) is 0 Å². The molecule has 5 heteroatoms. The van der Waals surface area contributed by atoms with E-state index in [4.69, 9.17) is 0 Å². The van der Waals surface area contributed by atoms with Crippen LogP contribution in [-0.4, -0.2) is 24.7 Å². The van der Waals surface area contributed by atoms with Gasteiger partial charge in [-0.15, -0.1) is 0 Å². The van der Waals surface area contributed by atoms with Gasteiger partial charge in [-0.25, -0.2) is 9.97 Å². The number of fused-ring (bicyclic) bond motifs is 1. The second kappa shape index (κ2) is 3.69. The molecule has 0 amide bonds. The molecule has 0 unspecified atom stereocenters. The van der Waals surface area contributed by atoms with Crippen molar-refractivity contribution in [2.45, 2.75) is 19.9 Å². The van der Waals surface area contributed by atoms with Crippen LogP contribution in [0.25, 0.3) is 22.3 Å². The van der Waals surface area contributed by atoms with E-state index in [0.29, 0.717) is 6.04 Å². The van der Waals surface area contributed by atoms with E-state index in [1.165, 1.54) is 0 Å². The van der Waals surface area contributed by atoms with Crippen LogP contribution in [0.3, 0.4) is 0 Å². The number of H-pyrrole nitrogens is 1. The minimum Gasteiger partial charge on any atom is -0.343 e. The Labute approximate surface area is 98.5 Å². The SMILES string of the molecule is CC(C)n1cc(-c2cnc3nc[nH]c3c2)cn1. The molecule has 0 spiro atoms. The summed E-state index contributed by atoms with van der Waals surface area (Å²) >= 11 is 0. The van der Waals surface area contributed by atoms with Crippen LogP contribution in [0.15, 0.2) is 31.0 Å². The summed E-state index contributed by atoms with van der Waals surface area (Å²) in [5.74, 6) is 0. The Morgan fingerprint density at radius 2 is 2.06 bits per heavy atom. The number of nitrogens with zero attached hydrogens (tertiary/aromatic N) is 4. The van der Waals surface area contributed by atoms with E-state index in [-0.39, 0.29) is 0 Å². The van der Waals surface area contributed by atoms with Crippen molar-refractivity contribution in [1.29, 1.82) is 0 Å². The number of nitrogens with one attached hydrogen (secondary N) is 1. The number of pyridine rings is 1. The lowest BCUT2D eigenvalue weighted by molar-refractivity contribution is 0.532. The highest BCUT2D eigenvalue weighted by molar-refractivity contribution is 5.77. The summed E-state index contributed by atoms with van der Waals surface area (Å²) in [6.07, 6.45) is 7.37. The quantitative estimate of drug-likeness (QED) is 0.731. The Balaban J connectivity index is 2.06. The molecule has 0 aromatic carbocycles. The molecule has 3 aromatic heterocycles. The first-order chi connectivity index (χ1) is 8.24. The number of imidazole rings is 1. The van der Waals surface area contributed by atoms with Gasteiger partial charge in [0.2, 0.25) is 0 Å². The summed E-state index contributed by atoms with van der Waals surface area (Å²) in [5, 5.41) is 4.32. The first-order valence-electron chi connectivity index (χ1n) is 5.57. The fourth-order valence-corrected chi connectivity index (χ4v) is 1.76. The van der Waals surface area contributed by atoms with Crippen molar-refractivity contribution < 1.29 is 0 Å². The van der Waals surface area contributed by atoms with E-state index in [1.54, 1.807) is 6.33 Å². The highest BCUT2D eigenvalue weighted by atomic mass is 15.3. The van der Waals surface area contributed by atoms with Crippen LogP contribution in [0.4, 0.5) is 0 Å². The van der Waals surface area contributed by atoms with Crippen LogP contribution in [0.5, 0.6) is 0 Å². The first-order valence-corrected chi connectivity index (χ1v) is 5.57. The largest absolute Gasteiger partial charge is 0.343 e. The van der Waals surface area contributed by atoms with Crippen molar-refractivity contribution in [3.05, 3.63) is 31.0 Å². The van der Waals surface area contributed by atoms with Gasteiger partial charge in [0.15, 0.2) is 5.65 Å². The average molecular weight is 227 g/mol. The fraction of sp³-hybridized carbons (Fsp3) is 0.250. The van der Waals surface area contributed by atoms with Gasteiger partial charge in [-0.3, -0.25) is 4.68 Å². The van der Waals surface area contributed by atoms with Gasteiger partial charge in [0.25, 0.3) is 0 Å². The molecule has 0 bridgehead atoms. The highest BCUT2D eigenvalue weighted by Gasteiger charge is 2.06. The van der Waals surface area contributed by atoms with E-state index in [1.807, 2.05) is 29.3 Å². The Hall–Kier alpha value is -2.17. The highest BCUT2D eigenvalue weighted by Crippen LogP contribution is 2.21. The molecule has 3 heterocycles. The van der Waals surface area contributed by atoms with Crippen molar-refractivity contribution in [3.63, 3.8) is 0 Å². The smallest absolute Gasteiger partial charge is 0.177 e. The van der Waals surface area contributed by atoms with Crippen LogP contribution in [0.1, 0.15) is 19.9 Å². The maximum Gasteiger partial charge on any atom is 0.177 e. The zero-order valence-corrected chi connectivity index (χ0v) is 9.75. The molecule has 0 saturated heterocycles. The van der Waals surface area contributed by atoms with Gasteiger partial charge in [0.1, 0.15) is 0 Å². The third-order valence-corrected chi connectivity index (χ3v) is 2.74. The van der Waals surface area contributed by atoms with Gasteiger partial charge >= 0.3 is 0 Å². The number of aromatic amines is 1. The molecule has 3 aromatic rings. The molecule has 17 heavy (non-hydrogen) atoms. The second-order valence-corrected chi connectivity index (χ2v) is 4.30. The Kier molecular flexibility index (Phi) is 2.18. The zero-order chi connectivity index (χ0) is 11.8. The average Bonchev–Trinajstić information content (AvgIpc) is 2.97. The molecule has 0 atom stereocenters. The summed E-state index contributed by atoms with van der Waals surface area (Å²) in [6.45, 7) is 4.21. The number of aromatic nitrogens is 5. The minimum atomic E-state index is 0.368. The van der Waals surface area contributed by atoms with Gasteiger partial charge in [0, 0.05) is 29.6 Å². The molecular weight excluding hydrogens is 214 g/mol. The maximum atomic E-state index is 4.32. The van der Waals surface area contributed by atoms with Crippen molar-refractivity contribution >= 4 is 11.2 Å². The second-order valence-electron chi connectivity index (χ2n) is 4.30. The van der Waals surface area contributed by atoms with Crippen LogP contribution < -0.4 is 0 Å². The molecule has 0 aliphatic heterocycles. The molecule has 0 aliphatic rings. The molecule has 3 rings (SSSR count). The predicted octanol–water partition coefficient (Wildman–Crippen LogP) is 2.40. The molecule has 0 aliphatic carbocycles. The van der Waals surface area contributed by atoms with Crippen molar-refractivity contribution in [2.24, 2.45) is 0 Å². The van der Waals surface area contributed by atoms with E-state index >= 15 is 0 Å². The Morgan fingerprint density at radius 1 is 1.18 bits per heavy atom. The maximum absolute atomic E-state index is 4.32. The summed E-state index contributed by atoms with van der Waals surface area (Å²) in [4.78, 5) is 11.5. The number of hydrogen-bond acceptors (Lipinski definition) is 3. The minimum absolute atomic E-state index is 0.368. The van der Waals surface area contributed by atoms with Crippen LogP contribution >= 0.6 is 0 Å². The molecule has 86 valence electrons. The van der Waals surface area contributed by atoms with Gasteiger partial charge in [0.05, 0.1) is 18.0 Å². The molecule has 0 fully saturated rings. The summed E-state index contributed by atoms with van der Waals surface area (Å²) in [6, 6.07) is 2.41. The van der Waals surface area contributed by atoms with Gasteiger partial charge in [-0.2, -0.15) is 5.10 Å². The summed E-state index contributed by atoms with van der Waals surface area (Å²) in [7, 11) is 0. The van der Waals surface area contributed by atoms with E-state index < -0.39 is 0 Å². The third kappa shape index (κ3) is 1.69. The van der Waals surface area contributed by atoms with Crippen LogP contribution in [-0.2, 0) is 0 Å². The lowest BCUT2D eigenvalue weighted by Crippen LogP contribution is -1.99. The number of hydrogen-bond donors (Lipinski definition) is 1. The summed E-state index contributed by atoms with van der Waals surface area (Å²) < 4.78 is 1.94. The van der Waals surface area contributed by atoms with E-state index in [9.17, 15) is 0 Å². The fourth-order valence-electron chi connectivity index (χ4n) is 1.76. The van der Waals surface area contributed by atoms with Crippen molar-refractivity contribution in [1.82, 2.24) is 24.7 Å². The molecule has 1 N–H and O–H groups in total. The van der Waals surface area contributed by atoms with Crippen molar-refractivity contribution in [3.8, 4) is 11.1 Å².